The van der Waals surface area contributed by atoms with Gasteiger partial charge < -0.3 is 10.4 Å². The lowest BCUT2D eigenvalue weighted by atomic mass is 10.2. The molecule has 0 fully saturated rings. The van der Waals surface area contributed by atoms with E-state index >= 15 is 0 Å². The third-order valence-corrected chi connectivity index (χ3v) is 2.28. The van der Waals surface area contributed by atoms with Crippen LogP contribution in [0, 0.1) is 10.1 Å². The van der Waals surface area contributed by atoms with Gasteiger partial charge in [-0.15, -0.1) is 0 Å². The molecule has 0 saturated carbocycles. The van der Waals surface area contributed by atoms with Crippen LogP contribution in [0.4, 0.5) is 11.4 Å². The summed E-state index contributed by atoms with van der Waals surface area (Å²) in [4.78, 5) is 20.8. The largest absolute Gasteiger partial charge is 0.480 e. The van der Waals surface area contributed by atoms with Crippen molar-refractivity contribution in [2.45, 2.75) is 6.04 Å². The predicted molar refractivity (Wildman–Crippen MR) is 62.0 cm³/mol. The minimum Gasteiger partial charge on any atom is -0.480 e. The smallest absolute Gasteiger partial charge is 0.326 e. The lowest BCUT2D eigenvalue weighted by Crippen LogP contribution is -2.31. The van der Waals surface area contributed by atoms with E-state index in [1.54, 1.807) is 6.07 Å². The molecule has 0 aromatic heterocycles. The first-order chi connectivity index (χ1) is 7.56. The molecule has 0 saturated heterocycles. The number of nitro groups is 1. The normalized spacial score (nSPS) is 11.8. The zero-order valence-corrected chi connectivity index (χ0v) is 9.05. The Labute approximate surface area is 96.8 Å². The number of carbonyl (C=O) groups is 1. The summed E-state index contributed by atoms with van der Waals surface area (Å²) < 4.78 is 0. The van der Waals surface area contributed by atoms with Crippen molar-refractivity contribution in [2.75, 3.05) is 11.1 Å². The molecular weight excluding hydrogens is 232 g/mol. The topological polar surface area (TPSA) is 92.5 Å². The van der Waals surface area contributed by atoms with Crippen LogP contribution in [0.5, 0.6) is 0 Å². The zero-order chi connectivity index (χ0) is 12.1. The number of rotatable bonds is 5. The lowest BCUT2D eigenvalue weighted by Gasteiger charge is -2.12. The maximum Gasteiger partial charge on any atom is 0.326 e. The standard InChI is InChI=1S/C9H10N2O4S/c12-9(13)7(5-16)10-6-3-1-2-4-8(6)11(14)15/h1-4,7,10,16H,5H2,(H,12,13)/t7-/m0/s1. The van der Waals surface area contributed by atoms with Gasteiger partial charge in [-0.05, 0) is 6.07 Å². The van der Waals surface area contributed by atoms with Crippen LogP contribution in [0.1, 0.15) is 0 Å². The third-order valence-electron chi connectivity index (χ3n) is 1.91. The molecule has 86 valence electrons. The third kappa shape index (κ3) is 2.86. The summed E-state index contributed by atoms with van der Waals surface area (Å²) in [5, 5.41) is 22.0. The van der Waals surface area contributed by atoms with Crippen LogP contribution in [-0.2, 0) is 4.79 Å². The van der Waals surface area contributed by atoms with E-state index in [0.717, 1.165) is 0 Å². The first kappa shape index (κ1) is 12.3. The number of nitrogens with one attached hydrogen (secondary N) is 1. The van der Waals surface area contributed by atoms with Crippen molar-refractivity contribution in [2.24, 2.45) is 0 Å². The van der Waals surface area contributed by atoms with E-state index < -0.39 is 16.9 Å². The molecule has 0 aliphatic carbocycles. The molecule has 1 aromatic carbocycles. The van der Waals surface area contributed by atoms with Gasteiger partial charge in [0, 0.05) is 11.8 Å². The highest BCUT2D eigenvalue weighted by Gasteiger charge is 2.19. The molecule has 0 spiro atoms. The summed E-state index contributed by atoms with van der Waals surface area (Å²) in [6.07, 6.45) is 0. The SMILES string of the molecule is O=C(O)[C@H](CS)Nc1ccccc1[N+](=O)[O-]. The molecular formula is C9H10N2O4S. The Morgan fingerprint density at radius 2 is 2.19 bits per heavy atom. The maximum absolute atomic E-state index is 10.7. The minimum absolute atomic E-state index is 0.0430. The summed E-state index contributed by atoms with van der Waals surface area (Å²) >= 11 is 3.86. The van der Waals surface area contributed by atoms with Gasteiger partial charge in [0.25, 0.3) is 5.69 Å². The van der Waals surface area contributed by atoms with Gasteiger partial charge in [-0.25, -0.2) is 4.79 Å². The van der Waals surface area contributed by atoms with Crippen molar-refractivity contribution in [3.63, 3.8) is 0 Å². The van der Waals surface area contributed by atoms with Crippen molar-refractivity contribution >= 4 is 30.0 Å². The van der Waals surface area contributed by atoms with Crippen LogP contribution >= 0.6 is 12.6 Å². The number of aliphatic carboxylic acids is 1. The summed E-state index contributed by atoms with van der Waals surface area (Å²) in [5.74, 6) is -1.06. The zero-order valence-electron chi connectivity index (χ0n) is 8.16. The highest BCUT2D eigenvalue weighted by Crippen LogP contribution is 2.23. The number of para-hydroxylation sites is 2. The van der Waals surface area contributed by atoms with Gasteiger partial charge >= 0.3 is 5.97 Å². The minimum atomic E-state index is -1.10. The number of hydrogen-bond donors (Lipinski definition) is 3. The molecule has 0 bridgehead atoms. The van der Waals surface area contributed by atoms with E-state index in [-0.39, 0.29) is 17.1 Å². The molecule has 1 rings (SSSR count). The first-order valence-corrected chi connectivity index (χ1v) is 5.03. The average Bonchev–Trinajstić information content (AvgIpc) is 2.25. The van der Waals surface area contributed by atoms with Crippen molar-refractivity contribution in [1.82, 2.24) is 0 Å². The number of carboxylic acid groups (broad SMARTS) is 1. The van der Waals surface area contributed by atoms with Gasteiger partial charge in [0.05, 0.1) is 4.92 Å². The molecule has 7 heteroatoms. The quantitative estimate of drug-likeness (QED) is 0.412. The van der Waals surface area contributed by atoms with Gasteiger partial charge in [-0.2, -0.15) is 12.6 Å². The van der Waals surface area contributed by atoms with Crippen LogP contribution in [0.15, 0.2) is 24.3 Å². The fourth-order valence-electron chi connectivity index (χ4n) is 1.13. The Hall–Kier alpha value is -1.76. The molecule has 0 aliphatic heterocycles. The second-order valence-electron chi connectivity index (χ2n) is 2.99. The fraction of sp³-hybridized carbons (Fsp3) is 0.222. The average molecular weight is 242 g/mol. The molecule has 1 aromatic rings. The fourth-order valence-corrected chi connectivity index (χ4v) is 1.38. The Morgan fingerprint density at radius 3 is 2.69 bits per heavy atom. The van der Waals surface area contributed by atoms with Crippen LogP contribution in [-0.4, -0.2) is 27.8 Å². The molecule has 0 radical (unpaired) electrons. The van der Waals surface area contributed by atoms with Crippen LogP contribution in [0.25, 0.3) is 0 Å². The number of nitro benzene ring substituents is 1. The Kier molecular flexibility index (Phi) is 4.12. The van der Waals surface area contributed by atoms with Gasteiger partial charge in [-0.1, -0.05) is 12.1 Å². The summed E-state index contributed by atoms with van der Waals surface area (Å²) in [5.41, 5.74) is 0.0180. The second-order valence-corrected chi connectivity index (χ2v) is 3.36. The Bertz CT molecular complexity index is 410. The number of carboxylic acids is 1. The molecule has 1 atom stereocenters. The van der Waals surface area contributed by atoms with Gasteiger partial charge in [-0.3, -0.25) is 10.1 Å². The van der Waals surface area contributed by atoms with Crippen LogP contribution in [0.2, 0.25) is 0 Å². The van der Waals surface area contributed by atoms with E-state index in [0.29, 0.717) is 0 Å². The van der Waals surface area contributed by atoms with Gasteiger partial charge in [0.1, 0.15) is 11.7 Å². The van der Waals surface area contributed by atoms with Crippen molar-refractivity contribution in [1.29, 1.82) is 0 Å². The van der Waals surface area contributed by atoms with Gasteiger partial charge in [0.2, 0.25) is 0 Å². The van der Waals surface area contributed by atoms with E-state index in [1.165, 1.54) is 18.2 Å². The van der Waals surface area contributed by atoms with Crippen molar-refractivity contribution < 1.29 is 14.8 Å². The lowest BCUT2D eigenvalue weighted by molar-refractivity contribution is -0.384. The predicted octanol–water partition coefficient (Wildman–Crippen LogP) is 1.39. The number of benzene rings is 1. The van der Waals surface area contributed by atoms with Crippen molar-refractivity contribution in [3.05, 3.63) is 34.4 Å². The second kappa shape index (κ2) is 5.36. The Balaban J connectivity index is 2.95. The highest BCUT2D eigenvalue weighted by molar-refractivity contribution is 7.80. The molecule has 0 unspecified atom stereocenters. The number of anilines is 1. The Morgan fingerprint density at radius 1 is 1.56 bits per heavy atom. The van der Waals surface area contributed by atoms with Gasteiger partial charge in [0.15, 0.2) is 0 Å². The molecule has 2 N–H and O–H groups in total. The number of thiol groups is 1. The van der Waals surface area contributed by atoms with E-state index in [4.69, 9.17) is 5.11 Å². The number of nitrogens with zero attached hydrogens (tertiary/aromatic N) is 1. The monoisotopic (exact) mass is 242 g/mol. The van der Waals surface area contributed by atoms with E-state index in [2.05, 4.69) is 17.9 Å². The summed E-state index contributed by atoms with van der Waals surface area (Å²) in [7, 11) is 0. The van der Waals surface area contributed by atoms with Crippen LogP contribution < -0.4 is 5.32 Å². The molecule has 0 amide bonds. The van der Waals surface area contributed by atoms with E-state index in [9.17, 15) is 14.9 Å². The first-order valence-electron chi connectivity index (χ1n) is 4.40. The maximum atomic E-state index is 10.7. The molecule has 16 heavy (non-hydrogen) atoms. The van der Waals surface area contributed by atoms with E-state index in [1.807, 2.05) is 0 Å². The molecule has 0 aliphatic rings. The number of hydrogen-bond acceptors (Lipinski definition) is 5. The van der Waals surface area contributed by atoms with Crippen LogP contribution in [0.3, 0.4) is 0 Å². The molecule has 0 heterocycles. The van der Waals surface area contributed by atoms with Crippen molar-refractivity contribution in [3.8, 4) is 0 Å². The molecule has 6 nitrogen and oxygen atoms in total. The summed E-state index contributed by atoms with van der Waals surface area (Å²) in [6.45, 7) is 0. The summed E-state index contributed by atoms with van der Waals surface area (Å²) in [6, 6.07) is 4.91. The highest BCUT2D eigenvalue weighted by atomic mass is 32.1.